The van der Waals surface area contributed by atoms with Crippen molar-refractivity contribution in [1.29, 1.82) is 0 Å². The molecule has 1 heteroatoms. The molecular weight excluding hydrogens is 158 g/mol. The Bertz CT molecular complexity index is 180. The lowest BCUT2D eigenvalue weighted by Gasteiger charge is -2.51. The predicted octanol–water partition coefficient (Wildman–Crippen LogP) is 2.94. The Balaban J connectivity index is 2.00. The van der Waals surface area contributed by atoms with Gasteiger partial charge in [-0.2, -0.15) is 0 Å². The van der Waals surface area contributed by atoms with Gasteiger partial charge >= 0.3 is 0 Å². The second-order valence-electron chi connectivity index (χ2n) is 5.54. The van der Waals surface area contributed by atoms with Crippen molar-refractivity contribution in [2.75, 3.05) is 0 Å². The fourth-order valence-corrected chi connectivity index (χ4v) is 3.48. The van der Waals surface area contributed by atoms with Crippen molar-refractivity contribution in [3.63, 3.8) is 0 Å². The number of hydrogen-bond acceptors (Lipinski definition) is 1. The van der Waals surface area contributed by atoms with Crippen LogP contribution in [0, 0.1) is 17.3 Å². The van der Waals surface area contributed by atoms with Crippen LogP contribution in [0.25, 0.3) is 0 Å². The minimum Gasteiger partial charge on any atom is -0.327 e. The Labute approximate surface area is 82.1 Å². The molecule has 2 unspecified atom stereocenters. The molecule has 1 nitrogen and oxygen atoms in total. The van der Waals surface area contributed by atoms with E-state index >= 15 is 0 Å². The van der Waals surface area contributed by atoms with Gasteiger partial charge < -0.3 is 5.73 Å². The summed E-state index contributed by atoms with van der Waals surface area (Å²) in [4.78, 5) is 0. The van der Waals surface area contributed by atoms with E-state index in [1.165, 1.54) is 38.5 Å². The molecule has 2 aliphatic carbocycles. The van der Waals surface area contributed by atoms with Crippen LogP contribution in [0.3, 0.4) is 0 Å². The van der Waals surface area contributed by atoms with E-state index in [-0.39, 0.29) is 0 Å². The van der Waals surface area contributed by atoms with Gasteiger partial charge in [0.1, 0.15) is 0 Å². The SMILES string of the molecule is CC(C)C(N)C1CCC12CCCC2. The highest BCUT2D eigenvalue weighted by Gasteiger charge is 2.50. The molecule has 0 bridgehead atoms. The third-order valence-electron chi connectivity index (χ3n) is 4.57. The summed E-state index contributed by atoms with van der Waals surface area (Å²) in [6.45, 7) is 4.54. The Kier molecular flexibility index (Phi) is 2.39. The van der Waals surface area contributed by atoms with E-state index in [2.05, 4.69) is 13.8 Å². The zero-order valence-electron chi connectivity index (χ0n) is 9.05. The molecule has 2 N–H and O–H groups in total. The fourth-order valence-electron chi connectivity index (χ4n) is 3.48. The summed E-state index contributed by atoms with van der Waals surface area (Å²) in [5, 5.41) is 0. The van der Waals surface area contributed by atoms with Crippen LogP contribution in [0.5, 0.6) is 0 Å². The zero-order chi connectivity index (χ0) is 9.47. The first-order valence-electron chi connectivity index (χ1n) is 5.91. The van der Waals surface area contributed by atoms with Crippen molar-refractivity contribution in [3.8, 4) is 0 Å². The van der Waals surface area contributed by atoms with E-state index in [0.29, 0.717) is 17.4 Å². The van der Waals surface area contributed by atoms with Gasteiger partial charge in [-0.1, -0.05) is 26.7 Å². The molecule has 0 heterocycles. The maximum Gasteiger partial charge on any atom is 0.00956 e. The third kappa shape index (κ3) is 1.41. The largest absolute Gasteiger partial charge is 0.327 e. The van der Waals surface area contributed by atoms with Gasteiger partial charge in [0, 0.05) is 6.04 Å². The first kappa shape index (κ1) is 9.51. The molecule has 1 spiro atoms. The normalized spacial score (nSPS) is 33.7. The van der Waals surface area contributed by atoms with Crippen LogP contribution in [-0.2, 0) is 0 Å². The summed E-state index contributed by atoms with van der Waals surface area (Å²) in [5.74, 6) is 1.53. The van der Waals surface area contributed by atoms with Crippen molar-refractivity contribution < 1.29 is 0 Å². The van der Waals surface area contributed by atoms with Crippen LogP contribution < -0.4 is 5.73 Å². The van der Waals surface area contributed by atoms with Gasteiger partial charge in [0.2, 0.25) is 0 Å². The summed E-state index contributed by atoms with van der Waals surface area (Å²) in [6, 6.07) is 0.465. The van der Waals surface area contributed by atoms with Crippen molar-refractivity contribution in [1.82, 2.24) is 0 Å². The summed E-state index contributed by atoms with van der Waals surface area (Å²) in [6.07, 6.45) is 8.73. The number of hydrogen-bond donors (Lipinski definition) is 1. The van der Waals surface area contributed by atoms with Crippen LogP contribution in [0.4, 0.5) is 0 Å². The van der Waals surface area contributed by atoms with Crippen molar-refractivity contribution in [3.05, 3.63) is 0 Å². The van der Waals surface area contributed by atoms with Gasteiger partial charge in [-0.05, 0) is 42.9 Å². The molecule has 0 aromatic rings. The minimum atomic E-state index is 0.465. The molecule has 0 aromatic heterocycles. The molecule has 0 aromatic carbocycles. The minimum absolute atomic E-state index is 0.465. The third-order valence-corrected chi connectivity index (χ3v) is 4.57. The highest BCUT2D eigenvalue weighted by atomic mass is 14.7. The summed E-state index contributed by atoms with van der Waals surface area (Å²) < 4.78 is 0. The second-order valence-corrected chi connectivity index (χ2v) is 5.54. The summed E-state index contributed by atoms with van der Waals surface area (Å²) >= 11 is 0. The highest BCUT2D eigenvalue weighted by Crippen LogP contribution is 2.58. The quantitative estimate of drug-likeness (QED) is 0.696. The Morgan fingerprint density at radius 1 is 1.15 bits per heavy atom. The van der Waals surface area contributed by atoms with Gasteiger partial charge in [-0.15, -0.1) is 0 Å². The molecule has 76 valence electrons. The monoisotopic (exact) mass is 181 g/mol. The van der Waals surface area contributed by atoms with Gasteiger partial charge in [0.25, 0.3) is 0 Å². The molecule has 0 aliphatic heterocycles. The Morgan fingerprint density at radius 2 is 1.77 bits per heavy atom. The maximum absolute atomic E-state index is 6.28. The van der Waals surface area contributed by atoms with Crippen LogP contribution in [0.2, 0.25) is 0 Å². The average Bonchev–Trinajstić information content (AvgIpc) is 2.52. The van der Waals surface area contributed by atoms with E-state index in [1.807, 2.05) is 0 Å². The van der Waals surface area contributed by atoms with Crippen LogP contribution in [0.1, 0.15) is 52.4 Å². The van der Waals surface area contributed by atoms with E-state index in [9.17, 15) is 0 Å². The van der Waals surface area contributed by atoms with Crippen molar-refractivity contribution in [2.24, 2.45) is 23.0 Å². The lowest BCUT2D eigenvalue weighted by Crippen LogP contribution is -2.50. The van der Waals surface area contributed by atoms with E-state index in [0.717, 1.165) is 5.92 Å². The van der Waals surface area contributed by atoms with Gasteiger partial charge in [-0.25, -0.2) is 0 Å². The smallest absolute Gasteiger partial charge is 0.00956 e. The molecule has 2 aliphatic rings. The van der Waals surface area contributed by atoms with E-state index in [4.69, 9.17) is 5.73 Å². The number of rotatable bonds is 2. The standard InChI is InChI=1S/C12H23N/c1-9(2)11(13)10-5-8-12(10)6-3-4-7-12/h9-11H,3-8,13H2,1-2H3. The lowest BCUT2D eigenvalue weighted by molar-refractivity contribution is 0.00600. The summed E-state index contributed by atoms with van der Waals surface area (Å²) in [5.41, 5.74) is 6.99. The first-order valence-corrected chi connectivity index (χ1v) is 5.91. The number of nitrogens with two attached hydrogens (primary N) is 1. The molecule has 0 radical (unpaired) electrons. The fraction of sp³-hybridized carbons (Fsp3) is 1.00. The maximum atomic E-state index is 6.28. The summed E-state index contributed by atoms with van der Waals surface area (Å²) in [7, 11) is 0. The molecule has 2 saturated carbocycles. The Morgan fingerprint density at radius 3 is 2.15 bits per heavy atom. The van der Waals surface area contributed by atoms with Crippen LogP contribution in [0.15, 0.2) is 0 Å². The highest BCUT2D eigenvalue weighted by molar-refractivity contribution is 5.02. The van der Waals surface area contributed by atoms with Crippen LogP contribution >= 0.6 is 0 Å². The molecule has 0 saturated heterocycles. The lowest BCUT2D eigenvalue weighted by atomic mass is 9.55. The van der Waals surface area contributed by atoms with Gasteiger partial charge in [-0.3, -0.25) is 0 Å². The average molecular weight is 181 g/mol. The molecule has 0 amide bonds. The molecule has 2 fully saturated rings. The van der Waals surface area contributed by atoms with Gasteiger partial charge in [0.15, 0.2) is 0 Å². The van der Waals surface area contributed by atoms with E-state index < -0.39 is 0 Å². The van der Waals surface area contributed by atoms with Crippen LogP contribution in [-0.4, -0.2) is 6.04 Å². The van der Waals surface area contributed by atoms with Crippen molar-refractivity contribution >= 4 is 0 Å². The topological polar surface area (TPSA) is 26.0 Å². The van der Waals surface area contributed by atoms with Gasteiger partial charge in [0.05, 0.1) is 0 Å². The van der Waals surface area contributed by atoms with E-state index in [1.54, 1.807) is 0 Å². The molecule has 2 rings (SSSR count). The predicted molar refractivity (Wildman–Crippen MR) is 56.4 cm³/mol. The first-order chi connectivity index (χ1) is 6.16. The Hall–Kier alpha value is -0.0400. The molecule has 2 atom stereocenters. The molecular formula is C12H23N. The second kappa shape index (κ2) is 3.27. The molecule has 13 heavy (non-hydrogen) atoms. The van der Waals surface area contributed by atoms with Crippen molar-refractivity contribution in [2.45, 2.75) is 58.4 Å². The zero-order valence-corrected chi connectivity index (χ0v) is 9.05.